The summed E-state index contributed by atoms with van der Waals surface area (Å²) in [4.78, 5) is 35.0. The van der Waals surface area contributed by atoms with Gasteiger partial charge in [-0.05, 0) is 35.9 Å². The Morgan fingerprint density at radius 3 is 2.73 bits per heavy atom. The smallest absolute Gasteiger partial charge is 0.258 e. The molecule has 0 fully saturated rings. The van der Waals surface area contributed by atoms with E-state index in [0.29, 0.717) is 11.3 Å². The summed E-state index contributed by atoms with van der Waals surface area (Å²) in [6.07, 6.45) is 1.59. The predicted molar refractivity (Wildman–Crippen MR) is 102 cm³/mol. The molecule has 1 aliphatic rings. The number of Topliss-reactive ketones (excluding diaryl/α,β-unsaturated/α-hetero) is 1. The maximum absolute atomic E-state index is 12.5. The molecule has 9 nitrogen and oxygen atoms in total. The fourth-order valence-corrected chi connectivity index (χ4v) is 2.70. The summed E-state index contributed by atoms with van der Waals surface area (Å²) in [6.45, 7) is -1.30. The summed E-state index contributed by atoms with van der Waals surface area (Å²) in [5.74, 6) is -1.36. The quantitative estimate of drug-likeness (QED) is 0.575. The Bertz CT molecular complexity index is 1010. The zero-order valence-electron chi connectivity index (χ0n) is 15.9. The highest BCUT2D eigenvalue weighted by Gasteiger charge is 2.28. The normalized spacial score (nSPS) is 14.6. The largest absolute Gasteiger partial charge is 0.548 e. The number of aliphatic hydroxyl groups excluding tert-OH is 1. The van der Waals surface area contributed by atoms with Crippen LogP contribution in [0.15, 0.2) is 48.2 Å². The summed E-state index contributed by atoms with van der Waals surface area (Å²) in [5.41, 5.74) is 1.07. The molecule has 1 aliphatic heterocycles. The number of ketones is 1. The molecule has 1 heterocycles. The number of amides is 1. The second kappa shape index (κ2) is 9.10. The van der Waals surface area contributed by atoms with E-state index in [1.54, 1.807) is 37.5 Å². The molecule has 0 aromatic heterocycles. The number of methoxy groups -OCH3 is 1. The molecule has 1 amide bonds. The highest BCUT2D eigenvalue weighted by atomic mass is 16.5. The molecule has 0 spiro atoms. The number of nitrogens with one attached hydrogen (secondary N) is 1. The predicted octanol–water partition coefficient (Wildman–Crippen LogP) is -0.0828. The van der Waals surface area contributed by atoms with Crippen molar-refractivity contribution >= 4 is 23.7 Å². The van der Waals surface area contributed by atoms with E-state index in [2.05, 4.69) is 5.32 Å². The van der Waals surface area contributed by atoms with Crippen LogP contribution in [0.5, 0.6) is 17.2 Å². The molecule has 30 heavy (non-hydrogen) atoms. The van der Waals surface area contributed by atoms with Gasteiger partial charge < -0.3 is 34.5 Å². The lowest BCUT2D eigenvalue weighted by atomic mass is 10.1. The molecular formula is C21H18NO8-. The molecular weight excluding hydrogens is 394 g/mol. The lowest BCUT2D eigenvalue weighted by molar-refractivity contribution is -0.309. The molecule has 156 valence electrons. The van der Waals surface area contributed by atoms with Crippen molar-refractivity contribution in [1.29, 1.82) is 0 Å². The monoisotopic (exact) mass is 412 g/mol. The molecule has 2 aromatic rings. The fourth-order valence-electron chi connectivity index (χ4n) is 2.70. The molecule has 3 rings (SSSR count). The second-order valence-corrected chi connectivity index (χ2v) is 6.28. The van der Waals surface area contributed by atoms with E-state index in [4.69, 9.17) is 19.3 Å². The molecule has 0 bridgehead atoms. The summed E-state index contributed by atoms with van der Waals surface area (Å²) in [6, 6.07) is 10.1. The summed E-state index contributed by atoms with van der Waals surface area (Å²) >= 11 is 0. The third-order valence-electron chi connectivity index (χ3n) is 4.21. The maximum Gasteiger partial charge on any atom is 0.258 e. The number of carboxylic acid groups (broad SMARTS) is 1. The topological polar surface area (TPSA) is 134 Å². The van der Waals surface area contributed by atoms with Gasteiger partial charge in [0.1, 0.15) is 17.2 Å². The van der Waals surface area contributed by atoms with Gasteiger partial charge in [0.2, 0.25) is 5.78 Å². The van der Waals surface area contributed by atoms with E-state index >= 15 is 0 Å². The Kier molecular flexibility index (Phi) is 6.33. The first kappa shape index (κ1) is 20.9. The van der Waals surface area contributed by atoms with Crippen LogP contribution in [0.2, 0.25) is 0 Å². The van der Waals surface area contributed by atoms with Crippen LogP contribution in [-0.2, 0) is 9.59 Å². The number of aliphatic hydroxyl groups is 1. The van der Waals surface area contributed by atoms with E-state index in [1.807, 2.05) is 0 Å². The first-order chi connectivity index (χ1) is 14.4. The van der Waals surface area contributed by atoms with Crippen LogP contribution < -0.4 is 24.6 Å². The first-order valence-corrected chi connectivity index (χ1v) is 8.87. The van der Waals surface area contributed by atoms with Gasteiger partial charge in [-0.2, -0.15) is 0 Å². The number of aliphatic carboxylic acids is 1. The number of allylic oxidation sites excluding steroid dienone is 1. The molecule has 9 heteroatoms. The SMILES string of the molecule is COc1cccc(/C=C2\Oc3cc(OCC(=O)N[C@@H](CO)C(=O)[O-])ccc3C2=O)c1. The number of hydrogen-bond donors (Lipinski definition) is 2. The highest BCUT2D eigenvalue weighted by molar-refractivity contribution is 6.14. The average Bonchev–Trinajstić information content (AvgIpc) is 3.05. The third kappa shape index (κ3) is 4.76. The van der Waals surface area contributed by atoms with Gasteiger partial charge in [0, 0.05) is 6.07 Å². The number of carbonyl (C=O) groups is 3. The zero-order chi connectivity index (χ0) is 21.7. The molecule has 0 saturated carbocycles. The van der Waals surface area contributed by atoms with Gasteiger partial charge in [-0.15, -0.1) is 0 Å². The van der Waals surface area contributed by atoms with Crippen LogP contribution in [-0.4, -0.2) is 49.1 Å². The van der Waals surface area contributed by atoms with Crippen molar-refractivity contribution in [1.82, 2.24) is 5.32 Å². The van der Waals surface area contributed by atoms with Gasteiger partial charge in [-0.1, -0.05) is 12.1 Å². The Balaban J connectivity index is 1.67. The lowest BCUT2D eigenvalue weighted by Gasteiger charge is -2.17. The van der Waals surface area contributed by atoms with Gasteiger partial charge in [-0.3, -0.25) is 9.59 Å². The molecule has 2 N–H and O–H groups in total. The van der Waals surface area contributed by atoms with Gasteiger partial charge in [0.25, 0.3) is 5.91 Å². The van der Waals surface area contributed by atoms with Crippen LogP contribution in [0.4, 0.5) is 0 Å². The number of benzene rings is 2. The van der Waals surface area contributed by atoms with Gasteiger partial charge in [0.05, 0.1) is 31.3 Å². The van der Waals surface area contributed by atoms with Crippen molar-refractivity contribution in [2.24, 2.45) is 0 Å². The Morgan fingerprint density at radius 2 is 2.03 bits per heavy atom. The number of rotatable bonds is 8. The minimum absolute atomic E-state index is 0.132. The summed E-state index contributed by atoms with van der Waals surface area (Å²) in [5, 5.41) is 21.7. The fraction of sp³-hybridized carbons (Fsp3) is 0.190. The molecule has 0 unspecified atom stereocenters. The van der Waals surface area contributed by atoms with Crippen molar-refractivity contribution in [2.45, 2.75) is 6.04 Å². The zero-order valence-corrected chi connectivity index (χ0v) is 15.9. The minimum Gasteiger partial charge on any atom is -0.548 e. The van der Waals surface area contributed by atoms with Crippen molar-refractivity contribution in [3.8, 4) is 17.2 Å². The Morgan fingerprint density at radius 1 is 1.23 bits per heavy atom. The van der Waals surface area contributed by atoms with E-state index in [9.17, 15) is 19.5 Å². The Labute approximate surface area is 171 Å². The third-order valence-corrected chi connectivity index (χ3v) is 4.21. The lowest BCUT2D eigenvalue weighted by Crippen LogP contribution is -2.51. The highest BCUT2D eigenvalue weighted by Crippen LogP contribution is 2.35. The van der Waals surface area contributed by atoms with Gasteiger partial charge in [-0.25, -0.2) is 0 Å². The van der Waals surface area contributed by atoms with Gasteiger partial charge in [0.15, 0.2) is 12.4 Å². The maximum atomic E-state index is 12.5. The second-order valence-electron chi connectivity index (χ2n) is 6.28. The van der Waals surface area contributed by atoms with Crippen molar-refractivity contribution in [2.75, 3.05) is 20.3 Å². The van der Waals surface area contributed by atoms with Crippen LogP contribution in [0.1, 0.15) is 15.9 Å². The van der Waals surface area contributed by atoms with Crippen molar-refractivity contribution < 1.29 is 38.8 Å². The number of ether oxygens (including phenoxy) is 3. The molecule has 0 saturated heterocycles. The number of carboxylic acids is 1. The summed E-state index contributed by atoms with van der Waals surface area (Å²) in [7, 11) is 1.55. The van der Waals surface area contributed by atoms with Crippen LogP contribution in [0.25, 0.3) is 6.08 Å². The van der Waals surface area contributed by atoms with Crippen molar-refractivity contribution in [3.63, 3.8) is 0 Å². The summed E-state index contributed by atoms with van der Waals surface area (Å²) < 4.78 is 16.1. The van der Waals surface area contributed by atoms with Crippen LogP contribution >= 0.6 is 0 Å². The molecule has 1 atom stereocenters. The van der Waals surface area contributed by atoms with Crippen LogP contribution in [0, 0.1) is 0 Å². The Hall–Kier alpha value is -3.85. The number of carbonyl (C=O) groups excluding carboxylic acids is 3. The van der Waals surface area contributed by atoms with Gasteiger partial charge >= 0.3 is 0 Å². The van der Waals surface area contributed by atoms with E-state index in [-0.39, 0.29) is 23.0 Å². The standard InChI is InChI=1S/C21H19NO8/c1-28-13-4-2-3-12(7-13)8-18-20(25)15-6-5-14(9-17(15)30-18)29-11-19(24)22-16(10-23)21(26)27/h2-9,16,23H,10-11H2,1H3,(H,22,24)(H,26,27)/p-1/b18-8-/t16-/m0/s1. The average molecular weight is 412 g/mol. The first-order valence-electron chi connectivity index (χ1n) is 8.87. The van der Waals surface area contributed by atoms with Crippen LogP contribution in [0.3, 0.4) is 0 Å². The molecule has 0 aliphatic carbocycles. The molecule has 2 aromatic carbocycles. The van der Waals surface area contributed by atoms with E-state index in [0.717, 1.165) is 5.56 Å². The van der Waals surface area contributed by atoms with E-state index < -0.39 is 31.1 Å². The number of hydrogen-bond acceptors (Lipinski definition) is 8. The van der Waals surface area contributed by atoms with Crippen molar-refractivity contribution in [3.05, 3.63) is 59.4 Å². The number of fused-ring (bicyclic) bond motifs is 1. The minimum atomic E-state index is -1.61. The van der Waals surface area contributed by atoms with E-state index in [1.165, 1.54) is 18.2 Å². The molecule has 0 radical (unpaired) electrons.